The molecule has 4 atom stereocenters. The lowest BCUT2D eigenvalue weighted by atomic mass is 9.90. The third kappa shape index (κ3) is 6.89. The summed E-state index contributed by atoms with van der Waals surface area (Å²) in [6.07, 6.45) is 10.4. The van der Waals surface area contributed by atoms with Crippen molar-refractivity contribution in [1.29, 1.82) is 0 Å². The molecule has 0 N–H and O–H groups in total. The normalized spacial score (nSPS) is 27.1. The molecule has 0 amide bonds. The lowest BCUT2D eigenvalue weighted by Crippen LogP contribution is -2.47. The van der Waals surface area contributed by atoms with Crippen molar-refractivity contribution in [1.82, 2.24) is 0 Å². The molecule has 1 saturated carbocycles. The van der Waals surface area contributed by atoms with Crippen molar-refractivity contribution >= 4 is 23.5 Å². The van der Waals surface area contributed by atoms with Crippen LogP contribution in [0.1, 0.15) is 82.9 Å². The molecule has 7 heteroatoms. The third-order valence-electron chi connectivity index (χ3n) is 6.86. The minimum absolute atomic E-state index is 0.167. The first kappa shape index (κ1) is 25.8. The van der Waals surface area contributed by atoms with Gasteiger partial charge in [-0.1, -0.05) is 35.4 Å². The predicted octanol–water partition coefficient (Wildman–Crippen LogP) is 6.16. The minimum atomic E-state index is -0.728. The van der Waals surface area contributed by atoms with Crippen molar-refractivity contribution in [2.24, 2.45) is 0 Å². The van der Waals surface area contributed by atoms with E-state index in [1.807, 2.05) is 25.1 Å². The van der Waals surface area contributed by atoms with E-state index in [0.29, 0.717) is 24.0 Å². The molecule has 2 fully saturated rings. The molecule has 0 spiro atoms. The van der Waals surface area contributed by atoms with E-state index >= 15 is 0 Å². The van der Waals surface area contributed by atoms with Crippen LogP contribution < -0.4 is 0 Å². The number of carbonyl (C=O) groups excluding carboxylic acids is 2. The molecular weight excluding hydrogens is 468 g/mol. The number of benzene rings is 1. The number of allylic oxidation sites excluding steroid dienone is 4. The predicted molar refractivity (Wildman–Crippen MR) is 133 cm³/mol. The van der Waals surface area contributed by atoms with E-state index < -0.39 is 30.3 Å². The van der Waals surface area contributed by atoms with Gasteiger partial charge in [-0.3, -0.25) is 9.59 Å². The van der Waals surface area contributed by atoms with Crippen LogP contribution in [0, 0.1) is 0 Å². The fraction of sp³-hybridized carbons (Fsp3) is 0.571. The summed E-state index contributed by atoms with van der Waals surface area (Å²) < 4.78 is 23.5. The zero-order valence-electron chi connectivity index (χ0n) is 20.8. The minimum Gasteiger partial charge on any atom is -0.495 e. The second-order valence-corrected chi connectivity index (χ2v) is 10.2. The Bertz CT molecular complexity index is 993. The van der Waals surface area contributed by atoms with Crippen LogP contribution in [0.3, 0.4) is 0 Å². The lowest BCUT2D eigenvalue weighted by molar-refractivity contribution is -0.206. The molecule has 0 aromatic heterocycles. The first-order valence-electron chi connectivity index (χ1n) is 12.6. The molecule has 3 aliphatic rings. The van der Waals surface area contributed by atoms with E-state index in [0.717, 1.165) is 42.6 Å². The first-order chi connectivity index (χ1) is 16.8. The number of carbonyl (C=O) groups is 2. The van der Waals surface area contributed by atoms with E-state index in [-0.39, 0.29) is 6.10 Å². The monoisotopic (exact) mass is 502 g/mol. The zero-order valence-corrected chi connectivity index (χ0v) is 21.5. The van der Waals surface area contributed by atoms with Crippen LogP contribution in [0.15, 0.2) is 41.7 Å². The smallest absolute Gasteiger partial charge is 0.303 e. The van der Waals surface area contributed by atoms with E-state index in [4.69, 9.17) is 30.5 Å². The average molecular weight is 503 g/mol. The molecule has 1 saturated heterocycles. The first-order valence-corrected chi connectivity index (χ1v) is 13.0. The molecule has 35 heavy (non-hydrogen) atoms. The molecule has 6 nitrogen and oxygen atoms in total. The van der Waals surface area contributed by atoms with Gasteiger partial charge in [0.2, 0.25) is 0 Å². The van der Waals surface area contributed by atoms with E-state index in [1.165, 1.54) is 32.3 Å². The second-order valence-electron chi connectivity index (χ2n) is 9.83. The van der Waals surface area contributed by atoms with Crippen molar-refractivity contribution < 1.29 is 28.5 Å². The SMILES string of the molecule is CC(=O)O[C@@H]1[C@@H](OC(C)=O)C[C@@H](C)O[C@H]1c1ccc(Cl)c(CC2=CC=C(OC3CCCC3)CC2)c1. The van der Waals surface area contributed by atoms with E-state index in [2.05, 4.69) is 12.2 Å². The van der Waals surface area contributed by atoms with Gasteiger partial charge in [0.05, 0.1) is 18.0 Å². The van der Waals surface area contributed by atoms with E-state index in [9.17, 15) is 9.59 Å². The maximum Gasteiger partial charge on any atom is 0.303 e. The Morgan fingerprint density at radius 2 is 1.80 bits per heavy atom. The zero-order chi connectivity index (χ0) is 24.9. The highest BCUT2D eigenvalue weighted by Crippen LogP contribution is 2.37. The standard InChI is InChI=1S/C28H35ClO6/c1-17-14-26(33-18(2)30)28(34-19(3)31)27(32-17)21-10-13-25(29)22(16-21)15-20-8-11-24(12-9-20)35-23-6-4-5-7-23/h8,10-11,13,16-17,23,26-28H,4-7,9,12,14-15H2,1-3H3/t17-,26+,27+,28-/m1/s1. The maximum absolute atomic E-state index is 11.9. The molecule has 1 aromatic rings. The molecule has 0 radical (unpaired) electrons. The lowest BCUT2D eigenvalue weighted by Gasteiger charge is -2.40. The molecule has 1 aromatic carbocycles. The Balaban J connectivity index is 1.52. The van der Waals surface area contributed by atoms with Gasteiger partial charge in [-0.15, -0.1) is 0 Å². The van der Waals surface area contributed by atoms with Gasteiger partial charge in [0.1, 0.15) is 12.2 Å². The van der Waals surface area contributed by atoms with Crippen LogP contribution in [-0.4, -0.2) is 36.4 Å². The summed E-state index contributed by atoms with van der Waals surface area (Å²) in [7, 11) is 0. The van der Waals surface area contributed by atoms with Crippen LogP contribution in [0.5, 0.6) is 0 Å². The van der Waals surface area contributed by atoms with Crippen molar-refractivity contribution in [2.45, 2.75) is 103 Å². The Morgan fingerprint density at radius 3 is 2.46 bits per heavy atom. The highest BCUT2D eigenvalue weighted by atomic mass is 35.5. The van der Waals surface area contributed by atoms with Crippen molar-refractivity contribution in [2.75, 3.05) is 0 Å². The fourth-order valence-electron chi connectivity index (χ4n) is 5.24. The highest BCUT2D eigenvalue weighted by molar-refractivity contribution is 6.31. The second kappa shape index (κ2) is 11.6. The summed E-state index contributed by atoms with van der Waals surface area (Å²) in [5.74, 6) is 0.218. The van der Waals surface area contributed by atoms with Crippen molar-refractivity contribution in [3.8, 4) is 0 Å². The summed E-state index contributed by atoms with van der Waals surface area (Å²) in [5.41, 5.74) is 3.11. The van der Waals surface area contributed by atoms with Crippen molar-refractivity contribution in [3.63, 3.8) is 0 Å². The van der Waals surface area contributed by atoms with E-state index in [1.54, 1.807) is 0 Å². The Kier molecular flexibility index (Phi) is 8.55. The van der Waals surface area contributed by atoms with Crippen LogP contribution in [-0.2, 0) is 35.0 Å². The van der Waals surface area contributed by atoms with Crippen LogP contribution in [0.4, 0.5) is 0 Å². The number of esters is 2. The number of hydrogen-bond donors (Lipinski definition) is 0. The summed E-state index contributed by atoms with van der Waals surface area (Å²) in [6.45, 7) is 4.63. The quantitative estimate of drug-likeness (QED) is 0.416. The van der Waals surface area contributed by atoms with Gasteiger partial charge in [0.15, 0.2) is 6.10 Å². The Labute approximate surface area is 212 Å². The van der Waals surface area contributed by atoms with Gasteiger partial charge in [-0.25, -0.2) is 0 Å². The van der Waals surface area contributed by atoms with Gasteiger partial charge >= 0.3 is 11.9 Å². The number of ether oxygens (including phenoxy) is 4. The van der Waals surface area contributed by atoms with Crippen molar-refractivity contribution in [3.05, 3.63) is 57.8 Å². The number of hydrogen-bond acceptors (Lipinski definition) is 6. The number of halogens is 1. The molecule has 1 heterocycles. The molecular formula is C28H35ClO6. The highest BCUT2D eigenvalue weighted by Gasteiger charge is 2.42. The molecule has 2 aliphatic carbocycles. The molecule has 4 rings (SSSR count). The maximum atomic E-state index is 11.9. The third-order valence-corrected chi connectivity index (χ3v) is 7.23. The Hall–Kier alpha value is -2.31. The summed E-state index contributed by atoms with van der Waals surface area (Å²) in [6, 6.07) is 5.76. The molecule has 0 bridgehead atoms. The molecule has 190 valence electrons. The van der Waals surface area contributed by atoms with Crippen LogP contribution in [0.25, 0.3) is 0 Å². The molecule has 0 unspecified atom stereocenters. The Morgan fingerprint density at radius 1 is 1.06 bits per heavy atom. The molecule has 1 aliphatic heterocycles. The van der Waals surface area contributed by atoms with Gasteiger partial charge < -0.3 is 18.9 Å². The van der Waals surface area contributed by atoms with Crippen LogP contribution in [0.2, 0.25) is 5.02 Å². The number of rotatable bonds is 7. The van der Waals surface area contributed by atoms with Gasteiger partial charge in [0.25, 0.3) is 0 Å². The summed E-state index contributed by atoms with van der Waals surface area (Å²) in [4.78, 5) is 23.6. The van der Waals surface area contributed by atoms with Gasteiger partial charge in [-0.05, 0) is 68.7 Å². The largest absolute Gasteiger partial charge is 0.495 e. The van der Waals surface area contributed by atoms with Gasteiger partial charge in [0, 0.05) is 31.7 Å². The average Bonchev–Trinajstić information content (AvgIpc) is 3.31. The summed E-state index contributed by atoms with van der Waals surface area (Å²) >= 11 is 6.58. The fourth-order valence-corrected chi connectivity index (χ4v) is 5.43. The van der Waals surface area contributed by atoms with Crippen LogP contribution >= 0.6 is 11.6 Å². The van der Waals surface area contributed by atoms with Gasteiger partial charge in [-0.2, -0.15) is 0 Å². The topological polar surface area (TPSA) is 71.1 Å². The summed E-state index contributed by atoms with van der Waals surface area (Å²) in [5, 5.41) is 0.677.